The summed E-state index contributed by atoms with van der Waals surface area (Å²) in [5.74, 6) is 1.93. The van der Waals surface area contributed by atoms with E-state index in [0.717, 1.165) is 5.92 Å². The van der Waals surface area contributed by atoms with E-state index >= 15 is 0 Å². The molecule has 10 heavy (non-hydrogen) atoms. The summed E-state index contributed by atoms with van der Waals surface area (Å²) in [6, 6.07) is 0. The Hall–Kier alpha value is 0. The van der Waals surface area contributed by atoms with Gasteiger partial charge in [0.1, 0.15) is 0 Å². The summed E-state index contributed by atoms with van der Waals surface area (Å²) in [5, 5.41) is 0. The summed E-state index contributed by atoms with van der Waals surface area (Å²) >= 11 is 0. The van der Waals surface area contributed by atoms with Crippen LogP contribution >= 0.6 is 0 Å². The Balaban J connectivity index is 3.60. The van der Waals surface area contributed by atoms with Crippen LogP contribution in [-0.2, 0) is 0 Å². The highest BCUT2D eigenvalue weighted by Crippen LogP contribution is 2.22. The van der Waals surface area contributed by atoms with Crippen molar-refractivity contribution >= 4 is 0 Å². The molecule has 0 heteroatoms. The average Bonchev–Trinajstić information content (AvgIpc) is 1.81. The molecular formula is C10H20. The maximum atomic E-state index is 4.03. The summed E-state index contributed by atoms with van der Waals surface area (Å²) in [6.45, 7) is 14.6. The summed E-state index contributed by atoms with van der Waals surface area (Å²) in [4.78, 5) is 0. The lowest BCUT2D eigenvalue weighted by molar-refractivity contribution is 0.343. The summed E-state index contributed by atoms with van der Waals surface area (Å²) in [5.41, 5.74) is 0. The van der Waals surface area contributed by atoms with E-state index in [-0.39, 0.29) is 0 Å². The van der Waals surface area contributed by atoms with Gasteiger partial charge < -0.3 is 0 Å². The number of rotatable bonds is 4. The van der Waals surface area contributed by atoms with Gasteiger partial charge in [0.25, 0.3) is 0 Å². The zero-order valence-corrected chi connectivity index (χ0v) is 7.56. The molecule has 0 aliphatic rings. The fourth-order valence-corrected chi connectivity index (χ4v) is 1.32. The van der Waals surface area contributed by atoms with Crippen LogP contribution in [0.3, 0.4) is 0 Å². The number of hydrogen-bond acceptors (Lipinski definition) is 0. The van der Waals surface area contributed by atoms with Crippen LogP contribution in [-0.4, -0.2) is 0 Å². The van der Waals surface area contributed by atoms with Gasteiger partial charge in [0, 0.05) is 0 Å². The SMILES string of the molecule is [CH2]C(C)CC(CC)C([CH2])C. The second-order valence-corrected chi connectivity index (χ2v) is 3.49. The Bertz CT molecular complexity index is 72.1. The fourth-order valence-electron chi connectivity index (χ4n) is 1.32. The average molecular weight is 140 g/mol. The van der Waals surface area contributed by atoms with Gasteiger partial charge in [-0.15, -0.1) is 0 Å². The third-order valence-corrected chi connectivity index (χ3v) is 2.03. The molecule has 3 atom stereocenters. The van der Waals surface area contributed by atoms with E-state index < -0.39 is 0 Å². The predicted molar refractivity (Wildman–Crippen MR) is 47.4 cm³/mol. The van der Waals surface area contributed by atoms with Crippen LogP contribution in [0, 0.1) is 31.6 Å². The Kier molecular flexibility index (Phi) is 4.76. The second-order valence-electron chi connectivity index (χ2n) is 3.49. The zero-order chi connectivity index (χ0) is 8.15. The molecule has 3 unspecified atom stereocenters. The van der Waals surface area contributed by atoms with Gasteiger partial charge in [0.2, 0.25) is 0 Å². The topological polar surface area (TPSA) is 0 Å². The highest BCUT2D eigenvalue weighted by molar-refractivity contribution is 4.70. The molecule has 0 spiro atoms. The second kappa shape index (κ2) is 4.76. The lowest BCUT2D eigenvalue weighted by Crippen LogP contribution is -2.10. The van der Waals surface area contributed by atoms with E-state index in [1.807, 2.05) is 0 Å². The third kappa shape index (κ3) is 3.92. The quantitative estimate of drug-likeness (QED) is 0.562. The Morgan fingerprint density at radius 3 is 1.80 bits per heavy atom. The van der Waals surface area contributed by atoms with E-state index in [9.17, 15) is 0 Å². The van der Waals surface area contributed by atoms with Gasteiger partial charge in [-0.3, -0.25) is 0 Å². The van der Waals surface area contributed by atoms with Crippen LogP contribution in [0.15, 0.2) is 0 Å². The van der Waals surface area contributed by atoms with Crippen molar-refractivity contribution in [3.63, 3.8) is 0 Å². The van der Waals surface area contributed by atoms with E-state index in [4.69, 9.17) is 0 Å². The first-order chi connectivity index (χ1) is 4.57. The van der Waals surface area contributed by atoms with E-state index in [2.05, 4.69) is 34.6 Å². The molecule has 0 aromatic rings. The van der Waals surface area contributed by atoms with Gasteiger partial charge >= 0.3 is 0 Å². The Morgan fingerprint density at radius 2 is 1.70 bits per heavy atom. The lowest BCUT2D eigenvalue weighted by Gasteiger charge is -2.20. The molecule has 0 saturated carbocycles. The van der Waals surface area contributed by atoms with Crippen LogP contribution in [0.5, 0.6) is 0 Å². The lowest BCUT2D eigenvalue weighted by atomic mass is 9.86. The minimum Gasteiger partial charge on any atom is -0.0651 e. The Morgan fingerprint density at radius 1 is 1.20 bits per heavy atom. The molecule has 0 aromatic heterocycles. The van der Waals surface area contributed by atoms with Gasteiger partial charge in [-0.25, -0.2) is 0 Å². The minimum absolute atomic E-state index is 0.578. The first-order valence-corrected chi connectivity index (χ1v) is 4.24. The van der Waals surface area contributed by atoms with E-state index in [0.29, 0.717) is 11.8 Å². The van der Waals surface area contributed by atoms with Crippen LogP contribution in [0.4, 0.5) is 0 Å². The molecular weight excluding hydrogens is 120 g/mol. The standard InChI is InChI=1S/C10H20/c1-6-10(9(4)5)7-8(2)3/h8-10H,2,4,6-7H2,1,3,5H3. The Labute approximate surface area is 66.0 Å². The summed E-state index contributed by atoms with van der Waals surface area (Å²) in [6.07, 6.45) is 2.46. The normalized spacial score (nSPS) is 14.7. The predicted octanol–water partition coefficient (Wildman–Crippen LogP) is 3.34. The van der Waals surface area contributed by atoms with Gasteiger partial charge in [-0.05, 0) is 24.2 Å². The molecule has 0 aromatic carbocycles. The molecule has 0 aliphatic heterocycles. The van der Waals surface area contributed by atoms with Crippen molar-refractivity contribution in [2.75, 3.05) is 0 Å². The molecule has 0 N–H and O–H groups in total. The van der Waals surface area contributed by atoms with Crippen molar-refractivity contribution in [1.82, 2.24) is 0 Å². The first-order valence-electron chi connectivity index (χ1n) is 4.24. The van der Waals surface area contributed by atoms with Gasteiger partial charge in [-0.2, -0.15) is 0 Å². The molecule has 2 radical (unpaired) electrons. The van der Waals surface area contributed by atoms with Crippen molar-refractivity contribution < 1.29 is 0 Å². The van der Waals surface area contributed by atoms with Crippen molar-refractivity contribution in [2.24, 2.45) is 17.8 Å². The van der Waals surface area contributed by atoms with Crippen molar-refractivity contribution in [2.45, 2.75) is 33.6 Å². The van der Waals surface area contributed by atoms with E-state index in [1.54, 1.807) is 0 Å². The van der Waals surface area contributed by atoms with Crippen molar-refractivity contribution in [3.05, 3.63) is 13.8 Å². The highest BCUT2D eigenvalue weighted by atomic mass is 14.2. The summed E-state index contributed by atoms with van der Waals surface area (Å²) in [7, 11) is 0. The molecule has 0 aliphatic carbocycles. The summed E-state index contributed by atoms with van der Waals surface area (Å²) < 4.78 is 0. The molecule has 0 nitrogen and oxygen atoms in total. The maximum Gasteiger partial charge on any atom is -0.0389 e. The molecule has 60 valence electrons. The first kappa shape index (κ1) is 10.0. The van der Waals surface area contributed by atoms with Gasteiger partial charge in [-0.1, -0.05) is 41.0 Å². The van der Waals surface area contributed by atoms with Crippen LogP contribution in [0.2, 0.25) is 0 Å². The molecule has 0 heterocycles. The van der Waals surface area contributed by atoms with Crippen molar-refractivity contribution in [3.8, 4) is 0 Å². The molecule has 0 fully saturated rings. The molecule has 0 bridgehead atoms. The largest absolute Gasteiger partial charge is 0.0651 e. The van der Waals surface area contributed by atoms with E-state index in [1.165, 1.54) is 12.8 Å². The smallest absolute Gasteiger partial charge is 0.0389 e. The van der Waals surface area contributed by atoms with Crippen molar-refractivity contribution in [1.29, 1.82) is 0 Å². The number of hydrogen-bond donors (Lipinski definition) is 0. The van der Waals surface area contributed by atoms with Crippen LogP contribution < -0.4 is 0 Å². The van der Waals surface area contributed by atoms with Crippen LogP contribution in [0.1, 0.15) is 33.6 Å². The van der Waals surface area contributed by atoms with Gasteiger partial charge in [0.05, 0.1) is 0 Å². The van der Waals surface area contributed by atoms with Crippen LogP contribution in [0.25, 0.3) is 0 Å². The maximum absolute atomic E-state index is 4.03. The molecule has 0 saturated heterocycles. The fraction of sp³-hybridized carbons (Fsp3) is 0.800. The zero-order valence-electron chi connectivity index (χ0n) is 7.56. The minimum atomic E-state index is 0.578. The highest BCUT2D eigenvalue weighted by Gasteiger charge is 2.11. The van der Waals surface area contributed by atoms with Gasteiger partial charge in [0.15, 0.2) is 0 Å². The third-order valence-electron chi connectivity index (χ3n) is 2.03. The molecule has 0 amide bonds. The monoisotopic (exact) mass is 140 g/mol. The molecule has 0 rings (SSSR count).